The number of aromatic nitrogens is 2. The van der Waals surface area contributed by atoms with Crippen LogP contribution in [0.2, 0.25) is 0 Å². The lowest BCUT2D eigenvalue weighted by molar-refractivity contribution is 0.375. The first-order valence-electron chi connectivity index (χ1n) is 7.06. The SMILES string of the molecule is CCCNC1CCCC1n1ncc2ccccc21. The van der Waals surface area contributed by atoms with Crippen LogP contribution in [-0.4, -0.2) is 22.4 Å². The molecule has 2 aromatic rings. The predicted molar refractivity (Wildman–Crippen MR) is 74.7 cm³/mol. The van der Waals surface area contributed by atoms with Crippen LogP contribution in [0, 0.1) is 0 Å². The highest BCUT2D eigenvalue weighted by atomic mass is 15.3. The monoisotopic (exact) mass is 243 g/mol. The van der Waals surface area contributed by atoms with Crippen LogP contribution in [0.25, 0.3) is 10.9 Å². The van der Waals surface area contributed by atoms with Gasteiger partial charge in [-0.3, -0.25) is 4.68 Å². The lowest BCUT2D eigenvalue weighted by atomic mass is 10.1. The van der Waals surface area contributed by atoms with Gasteiger partial charge in [0.2, 0.25) is 0 Å². The summed E-state index contributed by atoms with van der Waals surface area (Å²) in [6.07, 6.45) is 7.01. The zero-order valence-electron chi connectivity index (χ0n) is 11.0. The Morgan fingerprint density at radius 3 is 3.11 bits per heavy atom. The number of nitrogens with one attached hydrogen (secondary N) is 1. The average molecular weight is 243 g/mol. The third-order valence-corrected chi connectivity index (χ3v) is 3.95. The van der Waals surface area contributed by atoms with Crippen LogP contribution in [-0.2, 0) is 0 Å². The van der Waals surface area contributed by atoms with Crippen molar-refractivity contribution in [2.75, 3.05) is 6.54 Å². The van der Waals surface area contributed by atoms with Gasteiger partial charge in [0.1, 0.15) is 0 Å². The van der Waals surface area contributed by atoms with Gasteiger partial charge in [-0.1, -0.05) is 25.1 Å². The highest BCUT2D eigenvalue weighted by Gasteiger charge is 2.29. The Labute approximate surface area is 108 Å². The molecule has 1 fully saturated rings. The molecule has 0 radical (unpaired) electrons. The van der Waals surface area contributed by atoms with Gasteiger partial charge in [-0.15, -0.1) is 0 Å². The van der Waals surface area contributed by atoms with Gasteiger partial charge in [0.05, 0.1) is 17.8 Å². The smallest absolute Gasteiger partial charge is 0.0686 e. The van der Waals surface area contributed by atoms with Gasteiger partial charge in [0.25, 0.3) is 0 Å². The molecule has 1 heterocycles. The number of hydrogen-bond acceptors (Lipinski definition) is 2. The second kappa shape index (κ2) is 5.11. The Hall–Kier alpha value is -1.35. The van der Waals surface area contributed by atoms with Crippen LogP contribution < -0.4 is 5.32 Å². The highest BCUT2D eigenvalue weighted by Crippen LogP contribution is 2.32. The van der Waals surface area contributed by atoms with Gasteiger partial charge < -0.3 is 5.32 Å². The van der Waals surface area contributed by atoms with E-state index in [1.54, 1.807) is 0 Å². The first kappa shape index (κ1) is 11.7. The molecule has 0 spiro atoms. The van der Waals surface area contributed by atoms with E-state index in [1.807, 2.05) is 6.20 Å². The molecular formula is C15H21N3. The summed E-state index contributed by atoms with van der Waals surface area (Å²) >= 11 is 0. The van der Waals surface area contributed by atoms with E-state index in [0.717, 1.165) is 6.54 Å². The minimum Gasteiger partial charge on any atom is -0.312 e. The Balaban J connectivity index is 1.88. The van der Waals surface area contributed by atoms with Crippen LogP contribution in [0.4, 0.5) is 0 Å². The molecular weight excluding hydrogens is 222 g/mol. The molecule has 0 aliphatic heterocycles. The summed E-state index contributed by atoms with van der Waals surface area (Å²) in [7, 11) is 0. The molecule has 1 N–H and O–H groups in total. The van der Waals surface area contributed by atoms with Gasteiger partial charge in [-0.2, -0.15) is 5.10 Å². The third kappa shape index (κ3) is 2.03. The maximum atomic E-state index is 4.61. The molecule has 3 heteroatoms. The van der Waals surface area contributed by atoms with Crippen molar-refractivity contribution in [2.24, 2.45) is 0 Å². The summed E-state index contributed by atoms with van der Waals surface area (Å²) in [5, 5.41) is 9.53. The summed E-state index contributed by atoms with van der Waals surface area (Å²) in [4.78, 5) is 0. The quantitative estimate of drug-likeness (QED) is 0.894. The molecule has 96 valence electrons. The van der Waals surface area contributed by atoms with Crippen LogP contribution in [0.15, 0.2) is 30.5 Å². The topological polar surface area (TPSA) is 29.9 Å². The Morgan fingerprint density at radius 2 is 2.22 bits per heavy atom. The zero-order valence-corrected chi connectivity index (χ0v) is 11.0. The summed E-state index contributed by atoms with van der Waals surface area (Å²) < 4.78 is 2.23. The van der Waals surface area contributed by atoms with Crippen LogP contribution in [0.3, 0.4) is 0 Å². The van der Waals surface area contributed by atoms with Gasteiger partial charge in [-0.25, -0.2) is 0 Å². The van der Waals surface area contributed by atoms with E-state index in [2.05, 4.69) is 46.3 Å². The van der Waals surface area contributed by atoms with Crippen molar-refractivity contribution in [2.45, 2.75) is 44.7 Å². The number of para-hydroxylation sites is 1. The number of benzene rings is 1. The normalized spacial score (nSPS) is 23.8. The Bertz CT molecular complexity index is 517. The first-order valence-corrected chi connectivity index (χ1v) is 7.06. The minimum atomic E-state index is 0.524. The number of rotatable bonds is 4. The average Bonchev–Trinajstić information content (AvgIpc) is 3.02. The van der Waals surface area contributed by atoms with Crippen LogP contribution in [0.5, 0.6) is 0 Å². The maximum absolute atomic E-state index is 4.61. The van der Waals surface area contributed by atoms with Gasteiger partial charge in [-0.05, 0) is 38.3 Å². The molecule has 3 rings (SSSR count). The van der Waals surface area contributed by atoms with E-state index in [9.17, 15) is 0 Å². The minimum absolute atomic E-state index is 0.524. The molecule has 1 aromatic heterocycles. The number of nitrogens with zero attached hydrogens (tertiary/aromatic N) is 2. The van der Waals surface area contributed by atoms with E-state index >= 15 is 0 Å². The molecule has 1 aliphatic carbocycles. The molecule has 0 bridgehead atoms. The summed E-state index contributed by atoms with van der Waals surface area (Å²) in [5.74, 6) is 0. The second-order valence-electron chi connectivity index (χ2n) is 5.21. The Kier molecular flexibility index (Phi) is 3.33. The standard InChI is InChI=1S/C15H21N3/c1-2-10-16-13-7-5-9-15(13)18-14-8-4-3-6-12(14)11-17-18/h3-4,6,8,11,13,15-16H,2,5,7,9-10H2,1H3. The lowest BCUT2D eigenvalue weighted by Gasteiger charge is -2.22. The van der Waals surface area contributed by atoms with Crippen LogP contribution in [0.1, 0.15) is 38.6 Å². The third-order valence-electron chi connectivity index (χ3n) is 3.95. The summed E-state index contributed by atoms with van der Waals surface area (Å²) in [5.41, 5.74) is 1.27. The molecule has 18 heavy (non-hydrogen) atoms. The van der Waals surface area contributed by atoms with Crippen molar-refractivity contribution in [3.05, 3.63) is 30.5 Å². The van der Waals surface area contributed by atoms with Crippen molar-refractivity contribution in [1.29, 1.82) is 0 Å². The zero-order chi connectivity index (χ0) is 12.4. The molecule has 1 aliphatic rings. The summed E-state index contributed by atoms with van der Waals surface area (Å²) in [6, 6.07) is 9.62. The molecule has 3 nitrogen and oxygen atoms in total. The van der Waals surface area contributed by atoms with E-state index < -0.39 is 0 Å². The predicted octanol–water partition coefficient (Wildman–Crippen LogP) is 3.13. The molecule has 0 saturated heterocycles. The van der Waals surface area contributed by atoms with Gasteiger partial charge >= 0.3 is 0 Å². The summed E-state index contributed by atoms with van der Waals surface area (Å²) in [6.45, 7) is 3.33. The molecule has 1 aromatic carbocycles. The Morgan fingerprint density at radius 1 is 1.33 bits per heavy atom. The van der Waals surface area contributed by atoms with Crippen molar-refractivity contribution in [3.8, 4) is 0 Å². The molecule has 2 atom stereocenters. The van der Waals surface area contributed by atoms with Crippen molar-refractivity contribution in [1.82, 2.24) is 15.1 Å². The molecule has 0 amide bonds. The first-order chi connectivity index (χ1) is 8.90. The highest BCUT2D eigenvalue weighted by molar-refractivity contribution is 5.78. The lowest BCUT2D eigenvalue weighted by Crippen LogP contribution is -2.34. The van der Waals surface area contributed by atoms with E-state index in [-0.39, 0.29) is 0 Å². The van der Waals surface area contributed by atoms with E-state index in [1.165, 1.54) is 36.6 Å². The van der Waals surface area contributed by atoms with Crippen molar-refractivity contribution in [3.63, 3.8) is 0 Å². The van der Waals surface area contributed by atoms with Gasteiger partial charge in [0, 0.05) is 11.4 Å². The number of fused-ring (bicyclic) bond motifs is 1. The van der Waals surface area contributed by atoms with E-state index in [4.69, 9.17) is 0 Å². The maximum Gasteiger partial charge on any atom is 0.0686 e. The van der Waals surface area contributed by atoms with E-state index in [0.29, 0.717) is 12.1 Å². The van der Waals surface area contributed by atoms with Crippen molar-refractivity contribution < 1.29 is 0 Å². The largest absolute Gasteiger partial charge is 0.312 e. The fourth-order valence-electron chi connectivity index (χ4n) is 3.06. The second-order valence-corrected chi connectivity index (χ2v) is 5.21. The van der Waals surface area contributed by atoms with Crippen LogP contribution >= 0.6 is 0 Å². The van der Waals surface area contributed by atoms with Crippen molar-refractivity contribution >= 4 is 10.9 Å². The number of hydrogen-bond donors (Lipinski definition) is 1. The fraction of sp³-hybridized carbons (Fsp3) is 0.533. The molecule has 1 saturated carbocycles. The van der Waals surface area contributed by atoms with Gasteiger partial charge in [0.15, 0.2) is 0 Å². The fourth-order valence-corrected chi connectivity index (χ4v) is 3.06. The molecule has 2 unspecified atom stereocenters.